The fourth-order valence-corrected chi connectivity index (χ4v) is 0.937. The van der Waals surface area contributed by atoms with Crippen LogP contribution in [0.1, 0.15) is 27.7 Å². The second-order valence-corrected chi connectivity index (χ2v) is 3.85. The Hall–Kier alpha value is -1.52. The van der Waals surface area contributed by atoms with Crippen molar-refractivity contribution in [3.8, 4) is 0 Å². The predicted molar refractivity (Wildman–Crippen MR) is 65.6 cm³/mol. The Morgan fingerprint density at radius 2 is 1.71 bits per heavy atom. The number of esters is 2. The van der Waals surface area contributed by atoms with E-state index in [2.05, 4.69) is 17.2 Å². The van der Waals surface area contributed by atoms with Crippen LogP contribution in [0.5, 0.6) is 0 Å². The van der Waals surface area contributed by atoms with Gasteiger partial charge in [0.05, 0.1) is 23.4 Å². The SMILES string of the molecule is CC(C)OC(=O)/C=C(\N=C=S)C(=O)OC(C)C. The van der Waals surface area contributed by atoms with Crippen molar-refractivity contribution in [2.45, 2.75) is 39.9 Å². The van der Waals surface area contributed by atoms with Gasteiger partial charge >= 0.3 is 11.9 Å². The molecule has 0 aliphatic heterocycles. The van der Waals surface area contributed by atoms with Gasteiger partial charge in [-0.2, -0.15) is 4.99 Å². The van der Waals surface area contributed by atoms with Crippen LogP contribution in [0.4, 0.5) is 0 Å². The molecule has 0 amide bonds. The van der Waals surface area contributed by atoms with Crippen molar-refractivity contribution in [1.82, 2.24) is 0 Å². The fraction of sp³-hybridized carbons (Fsp3) is 0.545. The molecule has 0 atom stereocenters. The number of aliphatic imine (C=N–C) groups is 1. The second-order valence-electron chi connectivity index (χ2n) is 3.67. The van der Waals surface area contributed by atoms with Crippen LogP contribution in [-0.4, -0.2) is 29.3 Å². The third-order valence-electron chi connectivity index (χ3n) is 1.32. The van der Waals surface area contributed by atoms with Crippen LogP contribution >= 0.6 is 12.2 Å². The van der Waals surface area contributed by atoms with E-state index in [-0.39, 0.29) is 17.9 Å². The normalized spacial score (nSPS) is 11.1. The van der Waals surface area contributed by atoms with Crippen LogP contribution in [0, 0.1) is 0 Å². The van der Waals surface area contributed by atoms with Crippen molar-refractivity contribution in [2.24, 2.45) is 4.99 Å². The second kappa shape index (κ2) is 7.70. The smallest absolute Gasteiger partial charge is 0.358 e. The minimum absolute atomic E-state index is 0.223. The Labute approximate surface area is 106 Å². The molecule has 94 valence electrons. The zero-order valence-corrected chi connectivity index (χ0v) is 11.0. The van der Waals surface area contributed by atoms with Crippen molar-refractivity contribution >= 4 is 29.3 Å². The van der Waals surface area contributed by atoms with Gasteiger partial charge in [-0.3, -0.25) is 0 Å². The maximum absolute atomic E-state index is 11.5. The van der Waals surface area contributed by atoms with E-state index in [0.717, 1.165) is 6.08 Å². The molecule has 0 spiro atoms. The molecule has 0 aromatic carbocycles. The summed E-state index contributed by atoms with van der Waals surface area (Å²) in [4.78, 5) is 26.3. The average molecular weight is 257 g/mol. The van der Waals surface area contributed by atoms with Crippen LogP contribution in [-0.2, 0) is 19.1 Å². The Kier molecular flexibility index (Phi) is 7.02. The van der Waals surface area contributed by atoms with E-state index >= 15 is 0 Å². The van der Waals surface area contributed by atoms with E-state index in [1.807, 2.05) is 5.16 Å². The lowest BCUT2D eigenvalue weighted by Gasteiger charge is -2.08. The van der Waals surface area contributed by atoms with Gasteiger partial charge in [-0.1, -0.05) is 0 Å². The van der Waals surface area contributed by atoms with Gasteiger partial charge in [0.1, 0.15) is 0 Å². The lowest BCUT2D eigenvalue weighted by Crippen LogP contribution is -2.15. The molecule has 0 aliphatic rings. The zero-order chi connectivity index (χ0) is 13.4. The summed E-state index contributed by atoms with van der Waals surface area (Å²) in [6.45, 7) is 6.76. The van der Waals surface area contributed by atoms with Crippen LogP contribution in [0.15, 0.2) is 16.8 Å². The van der Waals surface area contributed by atoms with Crippen LogP contribution in [0.3, 0.4) is 0 Å². The van der Waals surface area contributed by atoms with Gasteiger partial charge in [0.2, 0.25) is 0 Å². The highest BCUT2D eigenvalue weighted by Gasteiger charge is 2.14. The molecule has 5 nitrogen and oxygen atoms in total. The molecule has 6 heteroatoms. The molecular formula is C11H15NO4S. The summed E-state index contributed by atoms with van der Waals surface area (Å²) in [5.74, 6) is -1.41. The highest BCUT2D eigenvalue weighted by molar-refractivity contribution is 7.78. The van der Waals surface area contributed by atoms with E-state index in [0.29, 0.717) is 0 Å². The summed E-state index contributed by atoms with van der Waals surface area (Å²) in [5.41, 5.74) is -0.223. The minimum atomic E-state index is -0.738. The number of rotatable bonds is 5. The summed E-state index contributed by atoms with van der Waals surface area (Å²) in [6, 6.07) is 0. The molecule has 0 radical (unpaired) electrons. The van der Waals surface area contributed by atoms with Gasteiger partial charge in [-0.15, -0.1) is 0 Å². The summed E-state index contributed by atoms with van der Waals surface area (Å²) >= 11 is 4.38. The van der Waals surface area contributed by atoms with E-state index < -0.39 is 11.9 Å². The molecule has 0 bridgehead atoms. The predicted octanol–water partition coefficient (Wildman–Crippen LogP) is 1.88. The molecule has 0 rings (SSSR count). The molecule has 0 aliphatic carbocycles. The first-order chi connectivity index (χ1) is 7.86. The molecule has 17 heavy (non-hydrogen) atoms. The first kappa shape index (κ1) is 15.5. The minimum Gasteiger partial charge on any atom is -0.460 e. The Morgan fingerprint density at radius 1 is 1.18 bits per heavy atom. The Bertz CT molecular complexity index is 368. The van der Waals surface area contributed by atoms with Gasteiger partial charge < -0.3 is 9.47 Å². The lowest BCUT2D eigenvalue weighted by molar-refractivity contribution is -0.145. The standard InChI is InChI=1S/C11H15NO4S/c1-7(2)15-10(13)5-9(12-6-17)11(14)16-8(3)4/h5,7-8H,1-4H3/b9-5-. The molecule has 0 aromatic heterocycles. The quantitative estimate of drug-likeness (QED) is 0.325. The molecular weight excluding hydrogens is 242 g/mol. The molecule has 0 saturated carbocycles. The number of thiocarbonyl (C=S) groups is 1. The van der Waals surface area contributed by atoms with Crippen LogP contribution in [0.25, 0.3) is 0 Å². The lowest BCUT2D eigenvalue weighted by atomic mass is 10.4. The Morgan fingerprint density at radius 3 is 2.12 bits per heavy atom. The van der Waals surface area contributed by atoms with E-state index in [1.165, 1.54) is 0 Å². The number of carbonyl (C=O) groups excluding carboxylic acids is 2. The maximum Gasteiger partial charge on any atom is 0.358 e. The van der Waals surface area contributed by atoms with Crippen molar-refractivity contribution in [2.75, 3.05) is 0 Å². The molecule has 0 fully saturated rings. The van der Waals surface area contributed by atoms with Gasteiger partial charge in [-0.05, 0) is 39.9 Å². The Balaban J connectivity index is 4.84. The molecule has 0 aromatic rings. The highest BCUT2D eigenvalue weighted by Crippen LogP contribution is 2.04. The topological polar surface area (TPSA) is 65.0 Å². The van der Waals surface area contributed by atoms with Crippen molar-refractivity contribution < 1.29 is 19.1 Å². The number of isothiocyanates is 1. The van der Waals surface area contributed by atoms with Gasteiger partial charge in [0.15, 0.2) is 5.70 Å². The average Bonchev–Trinajstić information content (AvgIpc) is 2.14. The van der Waals surface area contributed by atoms with E-state index in [1.54, 1.807) is 27.7 Å². The zero-order valence-electron chi connectivity index (χ0n) is 10.2. The molecule has 0 unspecified atom stereocenters. The number of hydrogen-bond donors (Lipinski definition) is 0. The van der Waals surface area contributed by atoms with Crippen molar-refractivity contribution in [3.05, 3.63) is 11.8 Å². The van der Waals surface area contributed by atoms with Crippen molar-refractivity contribution in [1.29, 1.82) is 0 Å². The molecule has 0 N–H and O–H groups in total. The first-order valence-corrected chi connectivity index (χ1v) is 5.48. The summed E-state index contributed by atoms with van der Waals surface area (Å²) in [6.07, 6.45) is 0.342. The van der Waals surface area contributed by atoms with Crippen molar-refractivity contribution in [3.63, 3.8) is 0 Å². The summed E-state index contributed by atoms with van der Waals surface area (Å²) in [7, 11) is 0. The summed E-state index contributed by atoms with van der Waals surface area (Å²) in [5, 5.41) is 2.01. The first-order valence-electron chi connectivity index (χ1n) is 5.08. The monoisotopic (exact) mass is 257 g/mol. The maximum atomic E-state index is 11.5. The van der Waals surface area contributed by atoms with Gasteiger partial charge in [-0.25, -0.2) is 9.59 Å². The van der Waals surface area contributed by atoms with Crippen LogP contribution in [0.2, 0.25) is 0 Å². The van der Waals surface area contributed by atoms with Gasteiger partial charge in [0, 0.05) is 0 Å². The number of hydrogen-bond acceptors (Lipinski definition) is 6. The fourth-order valence-electron chi connectivity index (χ4n) is 0.838. The third-order valence-corrected chi connectivity index (χ3v) is 1.42. The number of ether oxygens (including phenoxy) is 2. The van der Waals surface area contributed by atoms with Crippen LogP contribution < -0.4 is 0 Å². The largest absolute Gasteiger partial charge is 0.460 e. The number of nitrogens with zero attached hydrogens (tertiary/aromatic N) is 1. The number of carbonyl (C=O) groups is 2. The molecule has 0 heterocycles. The molecule has 0 saturated heterocycles. The summed E-state index contributed by atoms with van der Waals surface area (Å²) < 4.78 is 9.71. The highest BCUT2D eigenvalue weighted by atomic mass is 32.1. The van der Waals surface area contributed by atoms with Gasteiger partial charge in [0.25, 0.3) is 0 Å². The third kappa shape index (κ3) is 7.38. The van der Waals surface area contributed by atoms with E-state index in [9.17, 15) is 9.59 Å². The van der Waals surface area contributed by atoms with E-state index in [4.69, 9.17) is 9.47 Å².